The fourth-order valence-electron chi connectivity index (χ4n) is 2.37. The number of nitrogens with two attached hydrogens (primary N) is 1. The van der Waals surface area contributed by atoms with Gasteiger partial charge in [-0.1, -0.05) is 0 Å². The van der Waals surface area contributed by atoms with E-state index < -0.39 is 6.04 Å². The van der Waals surface area contributed by atoms with Gasteiger partial charge in [-0.25, -0.2) is 0 Å². The third-order valence-corrected chi connectivity index (χ3v) is 3.66. The van der Waals surface area contributed by atoms with Crippen molar-refractivity contribution in [3.8, 4) is 5.75 Å². The summed E-state index contributed by atoms with van der Waals surface area (Å²) in [5.41, 5.74) is 7.43. The number of likely N-dealkylation sites (N-methyl/N-ethyl adjacent to an activating group) is 1. The van der Waals surface area contributed by atoms with Gasteiger partial charge in [0.25, 0.3) is 0 Å². The van der Waals surface area contributed by atoms with E-state index in [0.29, 0.717) is 6.42 Å². The van der Waals surface area contributed by atoms with Gasteiger partial charge in [-0.05, 0) is 44.0 Å². The van der Waals surface area contributed by atoms with Gasteiger partial charge in [-0.2, -0.15) is 0 Å². The smallest absolute Gasteiger partial charge is 0.239 e. The first-order chi connectivity index (χ1) is 9.41. The van der Waals surface area contributed by atoms with E-state index in [9.17, 15) is 9.90 Å². The molecule has 0 radical (unpaired) electrons. The number of nitrogens with zero attached hydrogens (tertiary/aromatic N) is 2. The van der Waals surface area contributed by atoms with Crippen LogP contribution in [0, 0.1) is 0 Å². The van der Waals surface area contributed by atoms with Gasteiger partial charge in [0, 0.05) is 25.5 Å². The molecule has 1 amide bonds. The van der Waals surface area contributed by atoms with E-state index in [4.69, 9.17) is 5.73 Å². The zero-order valence-corrected chi connectivity index (χ0v) is 12.1. The lowest BCUT2D eigenvalue weighted by atomic mass is 10.1. The first kappa shape index (κ1) is 14.4. The van der Waals surface area contributed by atoms with Crippen LogP contribution in [0.2, 0.25) is 0 Å². The second-order valence-corrected chi connectivity index (χ2v) is 5.28. The molecule has 2 rings (SSSR count). The number of aromatic nitrogens is 1. The highest BCUT2D eigenvalue weighted by molar-refractivity contribution is 5.81. The van der Waals surface area contributed by atoms with Gasteiger partial charge in [-0.15, -0.1) is 0 Å². The molecule has 3 N–H and O–H groups in total. The van der Waals surface area contributed by atoms with E-state index >= 15 is 0 Å². The van der Waals surface area contributed by atoms with Crippen LogP contribution in [-0.2, 0) is 11.2 Å². The van der Waals surface area contributed by atoms with Gasteiger partial charge in [-0.3, -0.25) is 4.79 Å². The van der Waals surface area contributed by atoms with E-state index in [-0.39, 0.29) is 17.7 Å². The largest absolute Gasteiger partial charge is 0.506 e. The number of pyridine rings is 1. The number of carbonyl (C=O) groups excluding carboxylic acids is 1. The van der Waals surface area contributed by atoms with Crippen LogP contribution in [0.3, 0.4) is 0 Å². The monoisotopic (exact) mass is 275 g/mol. The SMILES string of the molecule is CC(Cc1ccn2cccc(O)c12)N(C)C(=O)[C@H](C)N. The molecular formula is C15H21N3O2. The Labute approximate surface area is 118 Å². The molecule has 0 bridgehead atoms. The number of fused-ring (bicyclic) bond motifs is 1. The van der Waals surface area contributed by atoms with Crippen LogP contribution in [0.4, 0.5) is 0 Å². The normalized spacial score (nSPS) is 14.2. The molecule has 0 aromatic carbocycles. The molecule has 20 heavy (non-hydrogen) atoms. The molecule has 1 unspecified atom stereocenters. The minimum atomic E-state index is -0.498. The zero-order valence-electron chi connectivity index (χ0n) is 12.1. The summed E-state index contributed by atoms with van der Waals surface area (Å²) >= 11 is 0. The Kier molecular flexibility index (Phi) is 3.99. The Hall–Kier alpha value is -2.01. The first-order valence-corrected chi connectivity index (χ1v) is 6.71. The number of rotatable bonds is 4. The fraction of sp³-hybridized carbons (Fsp3) is 0.400. The summed E-state index contributed by atoms with van der Waals surface area (Å²) in [6.45, 7) is 3.66. The van der Waals surface area contributed by atoms with E-state index in [0.717, 1.165) is 11.1 Å². The standard InChI is InChI=1S/C15H21N3O2/c1-10(17(3)15(20)11(2)16)9-12-6-8-18-7-4-5-13(19)14(12)18/h4-8,10-11,19H,9,16H2,1-3H3/t10?,11-/m0/s1. The van der Waals surface area contributed by atoms with Crippen LogP contribution in [-0.4, -0.2) is 39.4 Å². The van der Waals surface area contributed by atoms with Crippen molar-refractivity contribution in [3.63, 3.8) is 0 Å². The molecule has 2 heterocycles. The summed E-state index contributed by atoms with van der Waals surface area (Å²) in [7, 11) is 1.76. The Morgan fingerprint density at radius 1 is 1.40 bits per heavy atom. The topological polar surface area (TPSA) is 71.0 Å². The van der Waals surface area contributed by atoms with Crippen molar-refractivity contribution < 1.29 is 9.90 Å². The highest BCUT2D eigenvalue weighted by atomic mass is 16.3. The molecule has 0 aliphatic rings. The van der Waals surface area contributed by atoms with Crippen LogP contribution >= 0.6 is 0 Å². The van der Waals surface area contributed by atoms with E-state index in [1.54, 1.807) is 31.0 Å². The van der Waals surface area contributed by atoms with Crippen molar-refractivity contribution >= 4 is 11.4 Å². The maximum atomic E-state index is 11.9. The van der Waals surface area contributed by atoms with E-state index in [2.05, 4.69) is 0 Å². The Balaban J connectivity index is 2.22. The Morgan fingerprint density at radius 3 is 2.75 bits per heavy atom. The minimum absolute atomic E-state index is 0.0132. The Morgan fingerprint density at radius 2 is 2.10 bits per heavy atom. The molecule has 0 fully saturated rings. The Bertz CT molecular complexity index is 619. The lowest BCUT2D eigenvalue weighted by molar-refractivity contribution is -0.132. The summed E-state index contributed by atoms with van der Waals surface area (Å²) in [6.07, 6.45) is 4.47. The number of aromatic hydroxyl groups is 1. The van der Waals surface area contributed by atoms with Crippen molar-refractivity contribution in [1.82, 2.24) is 9.30 Å². The molecule has 0 aliphatic carbocycles. The molecule has 0 aliphatic heterocycles. The second-order valence-electron chi connectivity index (χ2n) is 5.28. The summed E-state index contributed by atoms with van der Waals surface area (Å²) < 4.78 is 1.88. The predicted octanol–water partition coefficient (Wildman–Crippen LogP) is 1.38. The zero-order chi connectivity index (χ0) is 14.9. The highest BCUT2D eigenvalue weighted by Crippen LogP contribution is 2.24. The molecule has 5 heteroatoms. The minimum Gasteiger partial charge on any atom is -0.506 e. The van der Waals surface area contributed by atoms with Crippen molar-refractivity contribution in [2.45, 2.75) is 32.4 Å². The van der Waals surface area contributed by atoms with Crippen molar-refractivity contribution in [2.75, 3.05) is 7.05 Å². The number of amides is 1. The summed E-state index contributed by atoms with van der Waals surface area (Å²) in [5.74, 6) is 0.172. The van der Waals surface area contributed by atoms with Crippen molar-refractivity contribution in [3.05, 3.63) is 36.2 Å². The molecule has 0 saturated carbocycles. The molecule has 0 spiro atoms. The predicted molar refractivity (Wildman–Crippen MR) is 78.6 cm³/mol. The molecule has 2 atom stereocenters. The average Bonchev–Trinajstić information content (AvgIpc) is 2.81. The third kappa shape index (κ3) is 2.63. The van der Waals surface area contributed by atoms with Crippen LogP contribution in [0.25, 0.3) is 5.52 Å². The summed E-state index contributed by atoms with van der Waals surface area (Å²) in [5, 5.41) is 9.97. The second kappa shape index (κ2) is 5.54. The number of hydrogen-bond donors (Lipinski definition) is 2. The maximum Gasteiger partial charge on any atom is 0.239 e. The highest BCUT2D eigenvalue weighted by Gasteiger charge is 2.20. The molecule has 2 aromatic rings. The first-order valence-electron chi connectivity index (χ1n) is 6.71. The quantitative estimate of drug-likeness (QED) is 0.885. The maximum absolute atomic E-state index is 11.9. The molecule has 5 nitrogen and oxygen atoms in total. The summed E-state index contributed by atoms with van der Waals surface area (Å²) in [6, 6.07) is 4.94. The van der Waals surface area contributed by atoms with Gasteiger partial charge in [0.1, 0.15) is 5.75 Å². The van der Waals surface area contributed by atoms with Crippen LogP contribution in [0.5, 0.6) is 5.75 Å². The molecular weight excluding hydrogens is 254 g/mol. The lowest BCUT2D eigenvalue weighted by Gasteiger charge is -2.26. The van der Waals surface area contributed by atoms with Gasteiger partial charge < -0.3 is 20.1 Å². The lowest BCUT2D eigenvalue weighted by Crippen LogP contribution is -2.44. The van der Waals surface area contributed by atoms with Crippen LogP contribution in [0.1, 0.15) is 19.4 Å². The van der Waals surface area contributed by atoms with Gasteiger partial charge >= 0.3 is 0 Å². The fourth-order valence-corrected chi connectivity index (χ4v) is 2.37. The number of hydrogen-bond acceptors (Lipinski definition) is 3. The number of carbonyl (C=O) groups is 1. The van der Waals surface area contributed by atoms with Crippen LogP contribution < -0.4 is 5.73 Å². The third-order valence-electron chi connectivity index (χ3n) is 3.66. The molecule has 0 saturated heterocycles. The molecule has 2 aromatic heterocycles. The van der Waals surface area contributed by atoms with E-state index in [1.807, 2.05) is 29.8 Å². The van der Waals surface area contributed by atoms with Gasteiger partial charge in [0.2, 0.25) is 5.91 Å². The van der Waals surface area contributed by atoms with Crippen LogP contribution in [0.15, 0.2) is 30.6 Å². The molecule has 108 valence electrons. The summed E-state index contributed by atoms with van der Waals surface area (Å²) in [4.78, 5) is 13.6. The van der Waals surface area contributed by atoms with Gasteiger partial charge in [0.15, 0.2) is 0 Å². The van der Waals surface area contributed by atoms with Crippen molar-refractivity contribution in [1.29, 1.82) is 0 Å². The van der Waals surface area contributed by atoms with E-state index in [1.165, 1.54) is 0 Å². The average molecular weight is 275 g/mol. The van der Waals surface area contributed by atoms with Gasteiger partial charge in [0.05, 0.1) is 11.6 Å². The van der Waals surface area contributed by atoms with Crippen molar-refractivity contribution in [2.24, 2.45) is 5.73 Å².